The molecule has 0 amide bonds. The average molecular weight is 261 g/mol. The highest BCUT2D eigenvalue weighted by Gasteiger charge is 2.16. The highest BCUT2D eigenvalue weighted by Crippen LogP contribution is 2.36. The minimum atomic E-state index is -0.234. The third-order valence-corrected chi connectivity index (χ3v) is 4.00. The summed E-state index contributed by atoms with van der Waals surface area (Å²) in [6.45, 7) is 2.05. The first kappa shape index (κ1) is 11.1. The summed E-state index contributed by atoms with van der Waals surface area (Å²) >= 11 is 13.6. The zero-order valence-electron chi connectivity index (χ0n) is 8.17. The number of rotatable bonds is 3. The molecule has 1 nitrogen and oxygen atoms in total. The largest absolute Gasteiger partial charge is 0.464 e. The van der Waals surface area contributed by atoms with Gasteiger partial charge in [0.1, 0.15) is 16.9 Å². The topological polar surface area (TPSA) is 13.1 Å². The lowest BCUT2D eigenvalue weighted by molar-refractivity contribution is 0.475. The number of aryl methyl sites for hydroxylation is 1. The monoisotopic (exact) mass is 260 g/mol. The predicted molar refractivity (Wildman–Crippen MR) is 65.1 cm³/mol. The Morgan fingerprint density at radius 2 is 2.13 bits per heavy atom. The van der Waals surface area contributed by atoms with E-state index >= 15 is 0 Å². The molecule has 15 heavy (non-hydrogen) atoms. The first-order valence-corrected chi connectivity index (χ1v) is 6.31. The second-order valence-corrected chi connectivity index (χ2v) is 5.35. The van der Waals surface area contributed by atoms with Gasteiger partial charge in [0.25, 0.3) is 0 Å². The van der Waals surface area contributed by atoms with Gasteiger partial charge in [-0.1, -0.05) is 18.5 Å². The van der Waals surface area contributed by atoms with Crippen LogP contribution in [-0.2, 0) is 6.42 Å². The zero-order chi connectivity index (χ0) is 10.8. The molecule has 2 aromatic rings. The van der Waals surface area contributed by atoms with Crippen molar-refractivity contribution in [2.24, 2.45) is 0 Å². The Balaban J connectivity index is 2.23. The molecule has 0 aliphatic carbocycles. The summed E-state index contributed by atoms with van der Waals surface area (Å²) in [4.78, 5) is 1.01. The normalized spacial score (nSPS) is 13.0. The van der Waals surface area contributed by atoms with E-state index in [0.29, 0.717) is 0 Å². The summed E-state index contributed by atoms with van der Waals surface area (Å²) in [6.07, 6.45) is 0.884. The minimum absolute atomic E-state index is 0.234. The fourth-order valence-electron chi connectivity index (χ4n) is 1.33. The lowest BCUT2D eigenvalue weighted by Gasteiger charge is -2.02. The highest BCUT2D eigenvalue weighted by atomic mass is 35.5. The number of furan rings is 1. The Kier molecular flexibility index (Phi) is 3.39. The maximum absolute atomic E-state index is 6.27. The number of hydrogen-bond donors (Lipinski definition) is 0. The molecule has 0 fully saturated rings. The van der Waals surface area contributed by atoms with Gasteiger partial charge in [-0.3, -0.25) is 0 Å². The maximum Gasteiger partial charge on any atom is 0.127 e. The molecule has 0 saturated carbocycles. The molecule has 4 heteroatoms. The van der Waals surface area contributed by atoms with E-state index in [1.54, 1.807) is 0 Å². The first-order chi connectivity index (χ1) is 7.20. The molecule has 2 heterocycles. The van der Waals surface area contributed by atoms with E-state index in [-0.39, 0.29) is 5.38 Å². The molecule has 0 saturated heterocycles. The Hall–Kier alpha value is -0.440. The highest BCUT2D eigenvalue weighted by molar-refractivity contribution is 7.16. The average Bonchev–Trinajstić information content (AvgIpc) is 2.84. The van der Waals surface area contributed by atoms with E-state index in [4.69, 9.17) is 27.6 Å². The van der Waals surface area contributed by atoms with E-state index in [1.165, 1.54) is 11.3 Å². The molecule has 0 bridgehead atoms. The van der Waals surface area contributed by atoms with Gasteiger partial charge >= 0.3 is 0 Å². The van der Waals surface area contributed by atoms with Crippen LogP contribution < -0.4 is 0 Å². The van der Waals surface area contributed by atoms with Crippen LogP contribution in [0.4, 0.5) is 0 Å². The smallest absolute Gasteiger partial charge is 0.127 e. The summed E-state index contributed by atoms with van der Waals surface area (Å²) in [5.41, 5.74) is 0. The van der Waals surface area contributed by atoms with E-state index in [1.807, 2.05) is 31.2 Å². The molecule has 0 aliphatic rings. The van der Waals surface area contributed by atoms with Crippen LogP contribution in [0.25, 0.3) is 0 Å². The van der Waals surface area contributed by atoms with Crippen molar-refractivity contribution in [1.29, 1.82) is 0 Å². The second-order valence-electron chi connectivity index (χ2n) is 3.16. The van der Waals surface area contributed by atoms with Gasteiger partial charge in [0.15, 0.2) is 0 Å². The molecule has 0 aliphatic heterocycles. The molecule has 0 aromatic carbocycles. The number of halogens is 2. The van der Waals surface area contributed by atoms with Crippen molar-refractivity contribution < 1.29 is 4.42 Å². The fraction of sp³-hybridized carbons (Fsp3) is 0.273. The van der Waals surface area contributed by atoms with Gasteiger partial charge in [-0.25, -0.2) is 0 Å². The van der Waals surface area contributed by atoms with E-state index in [2.05, 4.69) is 0 Å². The van der Waals surface area contributed by atoms with Gasteiger partial charge in [-0.2, -0.15) is 0 Å². The molecule has 0 N–H and O–H groups in total. The molecule has 0 spiro atoms. The number of hydrogen-bond acceptors (Lipinski definition) is 2. The third-order valence-electron chi connectivity index (χ3n) is 2.12. The molecule has 0 radical (unpaired) electrons. The SMILES string of the molecule is CCc1ccc(C(Cl)c2ccc(Cl)s2)o1. The van der Waals surface area contributed by atoms with Gasteiger partial charge in [0.05, 0.1) is 4.34 Å². The van der Waals surface area contributed by atoms with Gasteiger partial charge < -0.3 is 4.42 Å². The lowest BCUT2D eigenvalue weighted by atomic mass is 10.3. The zero-order valence-corrected chi connectivity index (χ0v) is 10.5. The van der Waals surface area contributed by atoms with Crippen molar-refractivity contribution in [1.82, 2.24) is 0 Å². The van der Waals surface area contributed by atoms with Gasteiger partial charge in [-0.05, 0) is 24.3 Å². The van der Waals surface area contributed by atoms with Crippen LogP contribution in [-0.4, -0.2) is 0 Å². The lowest BCUT2D eigenvalue weighted by Crippen LogP contribution is -1.86. The first-order valence-electron chi connectivity index (χ1n) is 4.68. The second kappa shape index (κ2) is 4.60. The Morgan fingerprint density at radius 1 is 1.33 bits per heavy atom. The van der Waals surface area contributed by atoms with Crippen LogP contribution in [0.5, 0.6) is 0 Å². The summed E-state index contributed by atoms with van der Waals surface area (Å²) in [6, 6.07) is 7.66. The van der Waals surface area contributed by atoms with Gasteiger partial charge in [-0.15, -0.1) is 22.9 Å². The Morgan fingerprint density at radius 3 is 2.67 bits per heavy atom. The standard InChI is InChI=1S/C11H10Cl2OS/c1-2-7-3-4-8(14-7)11(13)9-5-6-10(12)15-9/h3-6,11H,2H2,1H3. The fourth-order valence-corrected chi connectivity index (χ4v) is 2.70. The van der Waals surface area contributed by atoms with Crippen LogP contribution in [0.15, 0.2) is 28.7 Å². The van der Waals surface area contributed by atoms with Crippen LogP contribution in [0.2, 0.25) is 4.34 Å². The van der Waals surface area contributed by atoms with E-state index in [9.17, 15) is 0 Å². The molecule has 80 valence electrons. The number of alkyl halides is 1. The summed E-state index contributed by atoms with van der Waals surface area (Å²) < 4.78 is 6.34. The number of thiophene rings is 1. The van der Waals surface area contributed by atoms with E-state index < -0.39 is 0 Å². The van der Waals surface area contributed by atoms with E-state index in [0.717, 1.165) is 27.2 Å². The third kappa shape index (κ3) is 2.39. The van der Waals surface area contributed by atoms with Gasteiger partial charge in [0, 0.05) is 11.3 Å². The molecule has 2 aromatic heterocycles. The quantitative estimate of drug-likeness (QED) is 0.717. The summed E-state index contributed by atoms with van der Waals surface area (Å²) in [5, 5.41) is -0.234. The van der Waals surface area contributed by atoms with Crippen LogP contribution in [0.1, 0.15) is 28.7 Å². The Labute approximate surface area is 103 Å². The van der Waals surface area contributed by atoms with Gasteiger partial charge in [0.2, 0.25) is 0 Å². The van der Waals surface area contributed by atoms with Crippen LogP contribution in [0.3, 0.4) is 0 Å². The van der Waals surface area contributed by atoms with Crippen LogP contribution in [0, 0.1) is 0 Å². The van der Waals surface area contributed by atoms with Crippen molar-refractivity contribution in [2.75, 3.05) is 0 Å². The molecule has 1 atom stereocenters. The van der Waals surface area contributed by atoms with Crippen molar-refractivity contribution in [3.63, 3.8) is 0 Å². The summed E-state index contributed by atoms with van der Waals surface area (Å²) in [5.74, 6) is 1.74. The molecule has 1 unspecified atom stereocenters. The van der Waals surface area contributed by atoms with Crippen molar-refractivity contribution in [3.05, 3.63) is 45.0 Å². The maximum atomic E-state index is 6.27. The van der Waals surface area contributed by atoms with Crippen molar-refractivity contribution in [2.45, 2.75) is 18.7 Å². The summed E-state index contributed by atoms with van der Waals surface area (Å²) in [7, 11) is 0. The predicted octanol–water partition coefficient (Wildman–Crippen LogP) is 4.89. The minimum Gasteiger partial charge on any atom is -0.464 e. The van der Waals surface area contributed by atoms with Crippen molar-refractivity contribution >= 4 is 34.5 Å². The molecular formula is C11H10Cl2OS. The molecule has 2 rings (SSSR count). The van der Waals surface area contributed by atoms with Crippen molar-refractivity contribution in [3.8, 4) is 0 Å². The Bertz CT molecular complexity index is 447. The molecular weight excluding hydrogens is 251 g/mol. The van der Waals surface area contributed by atoms with Crippen LogP contribution >= 0.6 is 34.5 Å².